The first-order valence-corrected chi connectivity index (χ1v) is 11.6. The highest BCUT2D eigenvalue weighted by atomic mass is 16.2. The zero-order chi connectivity index (χ0) is 28.2. The highest BCUT2D eigenvalue weighted by molar-refractivity contribution is 6.00. The Morgan fingerprint density at radius 3 is 2.75 bits per heavy atom. The Balaban J connectivity index is 1.63. The maximum atomic E-state index is 13.0. The first-order valence-electron chi connectivity index (χ1n) is 13.1. The summed E-state index contributed by atoms with van der Waals surface area (Å²) in [6.07, 6.45) is 0. The molecule has 13 heteroatoms. The fraction of sp³-hybridized carbons (Fsp3) is 0.435. The quantitative estimate of drug-likeness (QED) is 0.544. The maximum Gasteiger partial charge on any atom is 0.325 e. The van der Waals surface area contributed by atoms with Gasteiger partial charge in [-0.2, -0.15) is 15.0 Å². The second kappa shape index (κ2) is 8.73. The summed E-state index contributed by atoms with van der Waals surface area (Å²) in [5.74, 6) is -0.317. The van der Waals surface area contributed by atoms with Gasteiger partial charge in [-0.25, -0.2) is 9.78 Å². The molecular formula is C23H29N11O2. The number of carbonyl (C=O) groups excluding carboxylic acids is 2. The summed E-state index contributed by atoms with van der Waals surface area (Å²) in [6, 6.07) is 3.07. The average Bonchev–Trinajstić information content (AvgIpc) is 3.43. The Morgan fingerprint density at radius 1 is 1.22 bits per heavy atom. The molecule has 0 bridgehead atoms. The summed E-state index contributed by atoms with van der Waals surface area (Å²) < 4.78 is 22.4. The van der Waals surface area contributed by atoms with Crippen molar-refractivity contribution >= 4 is 34.9 Å². The predicted molar refractivity (Wildman–Crippen MR) is 134 cm³/mol. The van der Waals surface area contributed by atoms with Gasteiger partial charge in [0.2, 0.25) is 0 Å². The van der Waals surface area contributed by atoms with E-state index in [1.807, 2.05) is 44.1 Å². The number of rotatable bonds is 5. The monoisotopic (exact) mass is 494 g/mol. The standard InChI is InChI=1S/C23H29N11O2/c1-7-33-8-9-34(23(33)36)16-11-15(19(28-27-16)22(35)24-4)26-21-20-14(10-12(2)25-21)18-17(13(3)31(20)5)29-32(6)30-18/h10-11,13H,7-9H2,1-6H3,(H,24,35)(H,25,26,27)/t13-/m0/s1/i4D3. The zero-order valence-corrected chi connectivity index (χ0v) is 20.7. The van der Waals surface area contributed by atoms with Crippen LogP contribution in [0.5, 0.6) is 0 Å². The van der Waals surface area contributed by atoms with E-state index >= 15 is 0 Å². The van der Waals surface area contributed by atoms with Gasteiger partial charge in [0, 0.05) is 62.1 Å². The Morgan fingerprint density at radius 2 is 2.03 bits per heavy atom. The van der Waals surface area contributed by atoms with Crippen LogP contribution in [0, 0.1) is 6.92 Å². The lowest BCUT2D eigenvalue weighted by atomic mass is 9.98. The van der Waals surface area contributed by atoms with Crippen LogP contribution in [-0.4, -0.2) is 80.7 Å². The van der Waals surface area contributed by atoms with Crippen molar-refractivity contribution in [3.8, 4) is 11.3 Å². The van der Waals surface area contributed by atoms with Gasteiger partial charge in [0.15, 0.2) is 17.3 Å². The molecule has 0 spiro atoms. The van der Waals surface area contributed by atoms with Crippen LogP contribution < -0.4 is 20.4 Å². The molecule has 0 saturated carbocycles. The Kier molecular flexibility index (Phi) is 4.84. The molecule has 1 fully saturated rings. The third-order valence-corrected chi connectivity index (χ3v) is 6.56. The lowest BCUT2D eigenvalue weighted by molar-refractivity contribution is 0.0958. The van der Waals surface area contributed by atoms with Crippen molar-refractivity contribution in [3.05, 3.63) is 29.2 Å². The largest absolute Gasteiger partial charge is 0.363 e. The molecule has 0 aliphatic carbocycles. The number of pyridine rings is 1. The van der Waals surface area contributed by atoms with E-state index in [9.17, 15) is 9.59 Å². The van der Waals surface area contributed by atoms with E-state index in [0.717, 1.165) is 22.6 Å². The second-order valence-electron chi connectivity index (χ2n) is 8.78. The van der Waals surface area contributed by atoms with Crippen LogP contribution in [0.4, 0.5) is 27.8 Å². The van der Waals surface area contributed by atoms with Crippen molar-refractivity contribution < 1.29 is 13.7 Å². The fourth-order valence-electron chi connectivity index (χ4n) is 4.61. The topological polar surface area (TPSA) is 137 Å². The molecule has 0 radical (unpaired) electrons. The van der Waals surface area contributed by atoms with Crippen molar-refractivity contribution in [2.24, 2.45) is 7.05 Å². The molecule has 36 heavy (non-hydrogen) atoms. The molecule has 5 rings (SSSR count). The average molecular weight is 495 g/mol. The smallest absolute Gasteiger partial charge is 0.325 e. The number of urea groups is 1. The van der Waals surface area contributed by atoms with E-state index < -0.39 is 12.9 Å². The van der Waals surface area contributed by atoms with Gasteiger partial charge in [-0.05, 0) is 26.8 Å². The highest BCUT2D eigenvalue weighted by Gasteiger charge is 2.34. The Hall–Kier alpha value is -4.29. The lowest BCUT2D eigenvalue weighted by Gasteiger charge is -2.33. The van der Waals surface area contributed by atoms with Crippen LogP contribution in [0.3, 0.4) is 0 Å². The first-order chi connectivity index (χ1) is 18.4. The number of aromatic nitrogens is 6. The van der Waals surface area contributed by atoms with Gasteiger partial charge < -0.3 is 20.4 Å². The predicted octanol–water partition coefficient (Wildman–Crippen LogP) is 1.85. The molecule has 5 heterocycles. The van der Waals surface area contributed by atoms with E-state index in [1.165, 1.54) is 15.8 Å². The van der Waals surface area contributed by atoms with Crippen LogP contribution >= 0.6 is 0 Å². The number of nitrogens with one attached hydrogen (secondary N) is 2. The van der Waals surface area contributed by atoms with Crippen molar-refractivity contribution in [1.29, 1.82) is 0 Å². The van der Waals surface area contributed by atoms with Crippen LogP contribution in [0.25, 0.3) is 11.3 Å². The summed E-state index contributed by atoms with van der Waals surface area (Å²) in [7, 11) is 3.67. The highest BCUT2D eigenvalue weighted by Crippen LogP contribution is 2.46. The number of nitrogens with zero attached hydrogens (tertiary/aromatic N) is 9. The Bertz CT molecular complexity index is 1470. The van der Waals surface area contributed by atoms with Gasteiger partial charge in [-0.15, -0.1) is 10.2 Å². The molecule has 13 nitrogen and oxygen atoms in total. The first kappa shape index (κ1) is 20.0. The summed E-state index contributed by atoms with van der Waals surface area (Å²) in [5, 5.41) is 22.4. The SMILES string of the molecule is [2H]C([2H])([2H])NC(=O)c1nnc(N2CCN(CC)C2=O)cc1Nc1nc(C)cc2c1N(C)[C@@H](C)c1nn(C)nc1-2. The normalized spacial score (nSPS) is 18.4. The maximum absolute atomic E-state index is 13.0. The number of amides is 3. The number of hydrogen-bond donors (Lipinski definition) is 2. The van der Waals surface area contributed by atoms with Gasteiger partial charge >= 0.3 is 6.03 Å². The molecule has 0 aromatic carbocycles. The van der Waals surface area contributed by atoms with Crippen LogP contribution in [0.2, 0.25) is 0 Å². The lowest BCUT2D eigenvalue weighted by Crippen LogP contribution is -2.32. The summed E-state index contributed by atoms with van der Waals surface area (Å²) in [4.78, 5) is 37.1. The number of likely N-dealkylation sites (N-methyl/N-ethyl adjacent to an activating group) is 1. The minimum absolute atomic E-state index is 0.127. The molecular weight excluding hydrogens is 462 g/mol. The van der Waals surface area contributed by atoms with E-state index in [0.29, 0.717) is 31.1 Å². The third kappa shape index (κ3) is 3.67. The van der Waals surface area contributed by atoms with Crippen LogP contribution in [0.15, 0.2) is 12.1 Å². The minimum Gasteiger partial charge on any atom is -0.363 e. The number of aryl methyl sites for hydroxylation is 2. The van der Waals surface area contributed by atoms with Crippen molar-refractivity contribution in [3.63, 3.8) is 0 Å². The van der Waals surface area contributed by atoms with E-state index in [-0.39, 0.29) is 29.3 Å². The van der Waals surface area contributed by atoms with Gasteiger partial charge in [-0.1, -0.05) is 0 Å². The number of fused-ring (bicyclic) bond motifs is 3. The minimum atomic E-state index is -2.74. The summed E-state index contributed by atoms with van der Waals surface area (Å²) >= 11 is 0. The molecule has 188 valence electrons. The van der Waals surface area contributed by atoms with E-state index in [2.05, 4.69) is 25.7 Å². The molecule has 3 amide bonds. The number of anilines is 4. The molecule has 0 unspecified atom stereocenters. The number of carbonyl (C=O) groups is 2. The molecule has 3 aromatic heterocycles. The molecule has 2 aliphatic rings. The van der Waals surface area contributed by atoms with Crippen LogP contribution in [-0.2, 0) is 7.05 Å². The summed E-state index contributed by atoms with van der Waals surface area (Å²) in [5.41, 5.74) is 3.65. The van der Waals surface area contributed by atoms with Crippen molar-refractivity contribution in [2.75, 3.05) is 48.8 Å². The second-order valence-corrected chi connectivity index (χ2v) is 8.78. The van der Waals surface area contributed by atoms with E-state index in [1.54, 1.807) is 11.9 Å². The van der Waals surface area contributed by atoms with Crippen molar-refractivity contribution in [1.82, 2.24) is 40.4 Å². The van der Waals surface area contributed by atoms with Crippen molar-refractivity contribution in [2.45, 2.75) is 26.8 Å². The van der Waals surface area contributed by atoms with Gasteiger partial charge in [0.05, 0.1) is 17.4 Å². The van der Waals surface area contributed by atoms with Crippen LogP contribution in [0.1, 0.15) is 45.9 Å². The van der Waals surface area contributed by atoms with Gasteiger partial charge in [0.25, 0.3) is 5.91 Å². The molecule has 1 atom stereocenters. The molecule has 1 saturated heterocycles. The number of hydrogen-bond acceptors (Lipinski definition) is 9. The summed E-state index contributed by atoms with van der Waals surface area (Å²) in [6.45, 7) is 4.45. The zero-order valence-electron chi connectivity index (χ0n) is 23.7. The fourth-order valence-corrected chi connectivity index (χ4v) is 4.61. The van der Waals surface area contributed by atoms with Gasteiger partial charge in [0.1, 0.15) is 11.4 Å². The molecule has 3 aromatic rings. The molecule has 2 aliphatic heterocycles. The van der Waals surface area contributed by atoms with Gasteiger partial charge in [-0.3, -0.25) is 9.69 Å². The Labute approximate surface area is 212 Å². The van der Waals surface area contributed by atoms with E-state index in [4.69, 9.17) is 9.10 Å². The third-order valence-electron chi connectivity index (χ3n) is 6.56. The molecule has 2 N–H and O–H groups in total.